The van der Waals surface area contributed by atoms with Crippen LogP contribution in [0.15, 0.2) is 24.3 Å². The van der Waals surface area contributed by atoms with Crippen LogP contribution in [-0.4, -0.2) is 33.8 Å². The average Bonchev–Trinajstić information content (AvgIpc) is 3.25. The summed E-state index contributed by atoms with van der Waals surface area (Å²) in [5.74, 6) is -0.526. The Morgan fingerprint density at radius 2 is 2.04 bits per heavy atom. The lowest BCUT2D eigenvalue weighted by molar-refractivity contribution is -0.136. The molecule has 0 aliphatic heterocycles. The Hall–Kier alpha value is -1.50. The summed E-state index contributed by atoms with van der Waals surface area (Å²) in [7, 11) is 0. The van der Waals surface area contributed by atoms with Crippen molar-refractivity contribution in [2.24, 2.45) is 5.41 Å². The van der Waals surface area contributed by atoms with Gasteiger partial charge in [-0.25, -0.2) is 4.98 Å². The summed E-state index contributed by atoms with van der Waals surface area (Å²) in [5, 5.41) is 23.7. The monoisotopic (exact) mass is 348 g/mol. The number of benzene rings is 1. The third-order valence-corrected chi connectivity index (χ3v) is 6.29. The second kappa shape index (κ2) is 7.17. The van der Waals surface area contributed by atoms with Crippen molar-refractivity contribution >= 4 is 27.5 Å². The van der Waals surface area contributed by atoms with Crippen LogP contribution >= 0.6 is 11.3 Å². The fraction of sp³-hybridized carbons (Fsp3) is 0.556. The molecule has 6 heteroatoms. The van der Waals surface area contributed by atoms with Gasteiger partial charge in [0.1, 0.15) is 11.1 Å². The van der Waals surface area contributed by atoms with Gasteiger partial charge in [0.25, 0.3) is 5.91 Å². The molecule has 1 aliphatic rings. The summed E-state index contributed by atoms with van der Waals surface area (Å²) in [4.78, 5) is 16.6. The number of nitrogens with one attached hydrogen (secondary N) is 1. The van der Waals surface area contributed by atoms with Crippen LogP contribution in [-0.2, 0) is 4.79 Å². The van der Waals surface area contributed by atoms with Crippen LogP contribution in [0.2, 0.25) is 0 Å². The third kappa shape index (κ3) is 3.45. The molecule has 1 heterocycles. The van der Waals surface area contributed by atoms with Gasteiger partial charge in [0.15, 0.2) is 6.10 Å². The van der Waals surface area contributed by atoms with Crippen molar-refractivity contribution in [1.29, 1.82) is 0 Å². The molecule has 2 unspecified atom stereocenters. The largest absolute Gasteiger partial charge is 0.383 e. The fourth-order valence-corrected chi connectivity index (χ4v) is 4.44. The number of amides is 1. The van der Waals surface area contributed by atoms with E-state index in [1.54, 1.807) is 0 Å². The molecule has 1 saturated carbocycles. The van der Waals surface area contributed by atoms with Crippen LogP contribution in [0.4, 0.5) is 0 Å². The number of fused-ring (bicyclic) bond motifs is 1. The standard InChI is InChI=1S/C18H24N2O3S/c1-2-18(9-5-6-10-18)11-19-16(23)14(21)15(22)17-20-12-7-3-4-8-13(12)24-17/h3-4,7-8,14-15,21-22H,2,5-6,9-11H2,1H3,(H,19,23). The number of thiazole rings is 1. The lowest BCUT2D eigenvalue weighted by atomic mass is 9.83. The number of carbonyl (C=O) groups excluding carboxylic acids is 1. The van der Waals surface area contributed by atoms with Crippen LogP contribution < -0.4 is 5.32 Å². The van der Waals surface area contributed by atoms with Crippen molar-refractivity contribution in [1.82, 2.24) is 10.3 Å². The maximum absolute atomic E-state index is 12.2. The van der Waals surface area contributed by atoms with Gasteiger partial charge in [-0.05, 0) is 36.8 Å². The topological polar surface area (TPSA) is 82.5 Å². The Kier molecular flexibility index (Phi) is 5.18. The molecule has 0 saturated heterocycles. The number of nitrogens with zero attached hydrogens (tertiary/aromatic N) is 1. The second-order valence-corrected chi connectivity index (χ2v) is 7.75. The van der Waals surface area contributed by atoms with Gasteiger partial charge in [0.2, 0.25) is 0 Å². The van der Waals surface area contributed by atoms with Crippen LogP contribution in [0.1, 0.15) is 50.1 Å². The Labute approximate surface area is 145 Å². The molecule has 1 aliphatic carbocycles. The van der Waals surface area contributed by atoms with E-state index in [1.807, 2.05) is 24.3 Å². The molecule has 130 valence electrons. The third-order valence-electron chi connectivity index (χ3n) is 5.18. The van der Waals surface area contributed by atoms with Crippen molar-refractivity contribution in [3.8, 4) is 0 Å². The van der Waals surface area contributed by atoms with Crippen molar-refractivity contribution in [3.05, 3.63) is 29.3 Å². The summed E-state index contributed by atoms with van der Waals surface area (Å²) in [6.07, 6.45) is 2.83. The molecule has 1 amide bonds. The Bertz CT molecular complexity index is 676. The smallest absolute Gasteiger partial charge is 0.252 e. The van der Waals surface area contributed by atoms with Crippen molar-refractivity contribution < 1.29 is 15.0 Å². The zero-order valence-corrected chi connectivity index (χ0v) is 14.7. The molecule has 2 atom stereocenters. The highest BCUT2D eigenvalue weighted by Gasteiger charge is 2.34. The molecule has 5 nitrogen and oxygen atoms in total. The molecule has 1 aromatic heterocycles. The number of para-hydroxylation sites is 1. The first kappa shape index (κ1) is 17.3. The van der Waals surface area contributed by atoms with Gasteiger partial charge in [-0.15, -0.1) is 11.3 Å². The Morgan fingerprint density at radius 1 is 1.33 bits per heavy atom. The minimum absolute atomic E-state index is 0.149. The number of carbonyl (C=O) groups is 1. The maximum Gasteiger partial charge on any atom is 0.252 e. The number of aliphatic hydroxyl groups excluding tert-OH is 2. The fourth-order valence-electron chi connectivity index (χ4n) is 3.45. The Morgan fingerprint density at radius 3 is 2.71 bits per heavy atom. The molecule has 2 aromatic rings. The van der Waals surface area contributed by atoms with Crippen LogP contribution in [0.25, 0.3) is 10.2 Å². The zero-order chi connectivity index (χ0) is 17.2. The lowest BCUT2D eigenvalue weighted by Crippen LogP contribution is -2.43. The predicted molar refractivity (Wildman–Crippen MR) is 94.8 cm³/mol. The van der Waals surface area contributed by atoms with Crippen LogP contribution in [0.5, 0.6) is 0 Å². The summed E-state index contributed by atoms with van der Waals surface area (Å²) in [5.41, 5.74) is 0.913. The quantitative estimate of drug-likeness (QED) is 0.750. The van der Waals surface area contributed by atoms with Gasteiger partial charge >= 0.3 is 0 Å². The van der Waals surface area contributed by atoms with Crippen molar-refractivity contribution in [2.75, 3.05) is 6.54 Å². The van der Waals surface area contributed by atoms with E-state index in [1.165, 1.54) is 24.2 Å². The average molecular weight is 348 g/mol. The number of aromatic nitrogens is 1. The van der Waals surface area contributed by atoms with Gasteiger partial charge in [-0.2, -0.15) is 0 Å². The maximum atomic E-state index is 12.2. The molecule has 0 bridgehead atoms. The number of hydrogen-bond acceptors (Lipinski definition) is 5. The van der Waals surface area contributed by atoms with Gasteiger partial charge in [0, 0.05) is 6.54 Å². The van der Waals surface area contributed by atoms with Crippen molar-refractivity contribution in [3.63, 3.8) is 0 Å². The van der Waals surface area contributed by atoms with Crippen LogP contribution in [0, 0.1) is 5.41 Å². The van der Waals surface area contributed by atoms with Crippen molar-refractivity contribution in [2.45, 2.75) is 51.2 Å². The molecule has 0 radical (unpaired) electrons. The number of hydrogen-bond donors (Lipinski definition) is 3. The van der Waals surface area contributed by atoms with E-state index < -0.39 is 18.1 Å². The van der Waals surface area contributed by atoms with Gasteiger partial charge < -0.3 is 15.5 Å². The highest BCUT2D eigenvalue weighted by Crippen LogP contribution is 2.40. The van der Waals surface area contributed by atoms with E-state index in [0.29, 0.717) is 11.6 Å². The molecule has 0 spiro atoms. The summed E-state index contributed by atoms with van der Waals surface area (Å²) < 4.78 is 0.926. The van der Waals surface area contributed by atoms with E-state index >= 15 is 0 Å². The number of rotatable bonds is 6. The summed E-state index contributed by atoms with van der Waals surface area (Å²) in [6.45, 7) is 2.70. The molecule has 3 rings (SSSR count). The van der Waals surface area contributed by atoms with Gasteiger partial charge in [0.05, 0.1) is 10.2 Å². The molecular formula is C18H24N2O3S. The SMILES string of the molecule is CCC1(CNC(=O)C(O)C(O)c2nc3ccccc3s2)CCCC1. The lowest BCUT2D eigenvalue weighted by Gasteiger charge is -2.28. The molecule has 24 heavy (non-hydrogen) atoms. The second-order valence-electron chi connectivity index (χ2n) is 6.69. The summed E-state index contributed by atoms with van der Waals surface area (Å²) >= 11 is 1.30. The minimum Gasteiger partial charge on any atom is -0.383 e. The molecular weight excluding hydrogens is 324 g/mol. The first-order chi connectivity index (χ1) is 11.5. The zero-order valence-electron chi connectivity index (χ0n) is 13.9. The predicted octanol–water partition coefficient (Wildman–Crippen LogP) is 2.78. The van der Waals surface area contributed by atoms with E-state index in [4.69, 9.17) is 0 Å². The van der Waals surface area contributed by atoms with E-state index in [-0.39, 0.29) is 5.41 Å². The summed E-state index contributed by atoms with van der Waals surface area (Å²) in [6, 6.07) is 7.51. The first-order valence-corrected chi connectivity index (χ1v) is 9.36. The molecule has 1 aromatic carbocycles. The van der Waals surface area contributed by atoms with E-state index in [9.17, 15) is 15.0 Å². The first-order valence-electron chi connectivity index (χ1n) is 8.54. The Balaban J connectivity index is 1.64. The van der Waals surface area contributed by atoms with Gasteiger partial charge in [-0.3, -0.25) is 4.79 Å². The van der Waals surface area contributed by atoms with E-state index in [0.717, 1.165) is 29.5 Å². The number of aliphatic hydroxyl groups is 2. The normalized spacial score (nSPS) is 19.3. The molecule has 3 N–H and O–H groups in total. The highest BCUT2D eigenvalue weighted by atomic mass is 32.1. The van der Waals surface area contributed by atoms with E-state index in [2.05, 4.69) is 17.2 Å². The molecule has 1 fully saturated rings. The van der Waals surface area contributed by atoms with Crippen LogP contribution in [0.3, 0.4) is 0 Å². The van der Waals surface area contributed by atoms with Gasteiger partial charge in [-0.1, -0.05) is 31.9 Å². The minimum atomic E-state index is -1.50. The highest BCUT2D eigenvalue weighted by molar-refractivity contribution is 7.18.